The molecule has 1 aliphatic rings. The first-order chi connectivity index (χ1) is 14.6. The topological polar surface area (TPSA) is 79.9 Å². The summed E-state index contributed by atoms with van der Waals surface area (Å²) in [6, 6.07) is 21.2. The second kappa shape index (κ2) is 8.16. The van der Waals surface area contributed by atoms with Crippen molar-refractivity contribution >= 4 is 17.5 Å². The predicted molar refractivity (Wildman–Crippen MR) is 112 cm³/mol. The normalized spacial score (nSPS) is 15.1. The van der Waals surface area contributed by atoms with Crippen LogP contribution in [0.4, 0.5) is 5.69 Å². The molecule has 0 spiro atoms. The minimum atomic E-state index is -0.680. The number of fused-ring (bicyclic) bond motifs is 1. The molecule has 0 fully saturated rings. The van der Waals surface area contributed by atoms with Gasteiger partial charge in [-0.1, -0.05) is 30.3 Å². The van der Waals surface area contributed by atoms with Gasteiger partial charge in [0, 0.05) is 22.9 Å². The molecule has 30 heavy (non-hydrogen) atoms. The molecule has 1 aliphatic heterocycles. The van der Waals surface area contributed by atoms with Gasteiger partial charge in [0.2, 0.25) is 0 Å². The smallest absolute Gasteiger partial charge is 0.276 e. The zero-order chi connectivity index (χ0) is 21.1. The molecule has 7 nitrogen and oxygen atoms in total. The Morgan fingerprint density at radius 3 is 2.43 bits per heavy atom. The second-order valence-corrected chi connectivity index (χ2v) is 6.68. The van der Waals surface area contributed by atoms with E-state index in [1.807, 2.05) is 18.2 Å². The number of ether oxygens (including phenoxy) is 2. The van der Waals surface area contributed by atoms with Gasteiger partial charge in [-0.3, -0.25) is 15.0 Å². The van der Waals surface area contributed by atoms with E-state index in [2.05, 4.69) is 10.7 Å². The van der Waals surface area contributed by atoms with E-state index >= 15 is 0 Å². The van der Waals surface area contributed by atoms with Crippen LogP contribution in [0.3, 0.4) is 0 Å². The number of hydrazine groups is 1. The summed E-state index contributed by atoms with van der Waals surface area (Å²) >= 11 is 0. The molecule has 4 rings (SSSR count). The van der Waals surface area contributed by atoms with Crippen LogP contribution in [-0.4, -0.2) is 31.0 Å². The zero-order valence-electron chi connectivity index (χ0n) is 16.6. The van der Waals surface area contributed by atoms with Crippen LogP contribution in [0.1, 0.15) is 32.4 Å². The first-order valence-electron chi connectivity index (χ1n) is 9.39. The molecule has 0 radical (unpaired) electrons. The van der Waals surface area contributed by atoms with E-state index in [0.717, 1.165) is 0 Å². The number of nitrogens with one attached hydrogen (secondary N) is 2. The van der Waals surface area contributed by atoms with Crippen molar-refractivity contribution in [3.05, 3.63) is 89.5 Å². The van der Waals surface area contributed by atoms with E-state index in [4.69, 9.17) is 9.47 Å². The Labute approximate surface area is 174 Å². The van der Waals surface area contributed by atoms with E-state index in [1.165, 1.54) is 5.01 Å². The van der Waals surface area contributed by atoms with Crippen LogP contribution in [0.5, 0.6) is 11.5 Å². The highest BCUT2D eigenvalue weighted by molar-refractivity contribution is 6.04. The largest absolute Gasteiger partial charge is 0.497 e. The molecule has 0 saturated carbocycles. The molecule has 0 aliphatic carbocycles. The zero-order valence-corrected chi connectivity index (χ0v) is 16.6. The first kappa shape index (κ1) is 19.3. The number of hydrogen-bond acceptors (Lipinski definition) is 5. The van der Waals surface area contributed by atoms with Crippen LogP contribution >= 0.6 is 0 Å². The highest BCUT2D eigenvalue weighted by Crippen LogP contribution is 2.37. The minimum Gasteiger partial charge on any atom is -0.497 e. The fourth-order valence-electron chi connectivity index (χ4n) is 3.39. The number of para-hydroxylation sites is 1. The monoisotopic (exact) mass is 403 g/mol. The summed E-state index contributed by atoms with van der Waals surface area (Å²) in [5.41, 5.74) is 5.02. The summed E-state index contributed by atoms with van der Waals surface area (Å²) in [7, 11) is 3.11. The maximum absolute atomic E-state index is 13.3. The SMILES string of the molecule is COc1ccc([C@@H]2Nc3ccccc3C(=O)N2NC(=O)c2ccccc2)c(OC)c1. The van der Waals surface area contributed by atoms with Crippen molar-refractivity contribution in [1.29, 1.82) is 0 Å². The molecule has 0 unspecified atom stereocenters. The Bertz CT molecular complexity index is 1080. The first-order valence-corrected chi connectivity index (χ1v) is 9.39. The summed E-state index contributed by atoms with van der Waals surface area (Å²) in [5.74, 6) is 0.440. The van der Waals surface area contributed by atoms with Crippen molar-refractivity contribution in [2.24, 2.45) is 0 Å². The predicted octanol–water partition coefficient (Wildman–Crippen LogP) is 3.62. The third kappa shape index (κ3) is 3.53. The van der Waals surface area contributed by atoms with Gasteiger partial charge in [0.05, 0.1) is 19.8 Å². The highest BCUT2D eigenvalue weighted by atomic mass is 16.5. The van der Waals surface area contributed by atoms with Crippen LogP contribution in [0, 0.1) is 0 Å². The van der Waals surface area contributed by atoms with Gasteiger partial charge < -0.3 is 14.8 Å². The fourth-order valence-corrected chi connectivity index (χ4v) is 3.39. The Morgan fingerprint density at radius 1 is 0.967 bits per heavy atom. The summed E-state index contributed by atoms with van der Waals surface area (Å²) in [4.78, 5) is 26.1. The van der Waals surface area contributed by atoms with Gasteiger partial charge in [0.15, 0.2) is 6.17 Å². The number of amides is 2. The summed E-state index contributed by atoms with van der Waals surface area (Å²) in [5, 5.41) is 4.63. The molecule has 0 aromatic heterocycles. The maximum Gasteiger partial charge on any atom is 0.276 e. The summed E-state index contributed by atoms with van der Waals surface area (Å²) < 4.78 is 10.8. The fraction of sp³-hybridized carbons (Fsp3) is 0.130. The molecule has 152 valence electrons. The lowest BCUT2D eigenvalue weighted by atomic mass is 10.0. The van der Waals surface area contributed by atoms with Crippen LogP contribution < -0.4 is 20.2 Å². The number of benzene rings is 3. The average molecular weight is 403 g/mol. The van der Waals surface area contributed by atoms with Crippen molar-refractivity contribution in [2.75, 3.05) is 19.5 Å². The summed E-state index contributed by atoms with van der Waals surface area (Å²) in [6.07, 6.45) is -0.680. The van der Waals surface area contributed by atoms with Gasteiger partial charge in [-0.15, -0.1) is 0 Å². The van der Waals surface area contributed by atoms with Crippen LogP contribution in [0.15, 0.2) is 72.8 Å². The Morgan fingerprint density at radius 2 is 1.70 bits per heavy atom. The Balaban J connectivity index is 1.76. The lowest BCUT2D eigenvalue weighted by Gasteiger charge is -2.38. The summed E-state index contributed by atoms with van der Waals surface area (Å²) in [6.45, 7) is 0. The van der Waals surface area contributed by atoms with Crippen LogP contribution in [0.2, 0.25) is 0 Å². The van der Waals surface area contributed by atoms with E-state index < -0.39 is 6.17 Å². The molecular formula is C23H21N3O4. The molecule has 1 heterocycles. The average Bonchev–Trinajstić information content (AvgIpc) is 2.80. The van der Waals surface area contributed by atoms with Crippen molar-refractivity contribution in [2.45, 2.75) is 6.17 Å². The second-order valence-electron chi connectivity index (χ2n) is 6.68. The lowest BCUT2D eigenvalue weighted by molar-refractivity contribution is 0.0488. The van der Waals surface area contributed by atoms with Crippen molar-refractivity contribution in [1.82, 2.24) is 10.4 Å². The van der Waals surface area contributed by atoms with E-state index in [-0.39, 0.29) is 11.8 Å². The number of nitrogens with zero attached hydrogens (tertiary/aromatic N) is 1. The van der Waals surface area contributed by atoms with Gasteiger partial charge in [-0.05, 0) is 36.4 Å². The Hall–Kier alpha value is -4.00. The standard InChI is InChI=1S/C23H21N3O4/c1-29-16-12-13-18(20(14-16)30-2)21-24-19-11-7-6-10-17(19)23(28)26(21)25-22(27)15-8-4-3-5-9-15/h3-14,21,24H,1-2H3,(H,25,27)/t21-/m1/s1. The lowest BCUT2D eigenvalue weighted by Crippen LogP contribution is -2.52. The molecule has 2 amide bonds. The van der Waals surface area contributed by atoms with Crippen LogP contribution in [0.25, 0.3) is 0 Å². The number of rotatable bonds is 5. The van der Waals surface area contributed by atoms with Crippen LogP contribution in [-0.2, 0) is 0 Å². The van der Waals surface area contributed by atoms with E-state index in [9.17, 15) is 9.59 Å². The molecule has 3 aromatic carbocycles. The van der Waals surface area contributed by atoms with E-state index in [0.29, 0.717) is 33.9 Å². The number of methoxy groups -OCH3 is 2. The van der Waals surface area contributed by atoms with Crippen molar-refractivity contribution < 1.29 is 19.1 Å². The third-order valence-corrected chi connectivity index (χ3v) is 4.92. The molecule has 0 saturated heterocycles. The number of hydrogen-bond donors (Lipinski definition) is 2. The number of carbonyl (C=O) groups excluding carboxylic acids is 2. The van der Waals surface area contributed by atoms with Gasteiger partial charge in [0.1, 0.15) is 11.5 Å². The quantitative estimate of drug-likeness (QED) is 0.680. The molecule has 3 aromatic rings. The van der Waals surface area contributed by atoms with Gasteiger partial charge in [-0.25, -0.2) is 5.01 Å². The molecule has 2 N–H and O–H groups in total. The Kier molecular flexibility index (Phi) is 5.26. The molecule has 1 atom stereocenters. The van der Waals surface area contributed by atoms with Crippen molar-refractivity contribution in [3.8, 4) is 11.5 Å². The van der Waals surface area contributed by atoms with Gasteiger partial charge in [0.25, 0.3) is 11.8 Å². The van der Waals surface area contributed by atoms with Gasteiger partial charge >= 0.3 is 0 Å². The molecular weight excluding hydrogens is 382 g/mol. The van der Waals surface area contributed by atoms with E-state index in [1.54, 1.807) is 68.8 Å². The van der Waals surface area contributed by atoms with Crippen molar-refractivity contribution in [3.63, 3.8) is 0 Å². The highest BCUT2D eigenvalue weighted by Gasteiger charge is 2.36. The number of anilines is 1. The number of carbonyl (C=O) groups is 2. The third-order valence-electron chi connectivity index (χ3n) is 4.92. The van der Waals surface area contributed by atoms with Gasteiger partial charge in [-0.2, -0.15) is 0 Å². The maximum atomic E-state index is 13.3. The molecule has 7 heteroatoms. The minimum absolute atomic E-state index is 0.323. The molecule has 0 bridgehead atoms.